The number of carbonyl (C=O) groups excluding carboxylic acids is 1. The Bertz CT molecular complexity index is 872. The van der Waals surface area contributed by atoms with E-state index >= 15 is 0 Å². The molecule has 1 unspecified atom stereocenters. The average Bonchev–Trinajstić information content (AvgIpc) is 2.93. The molecule has 28 heavy (non-hydrogen) atoms. The largest absolute Gasteiger partial charge is 0.619 e. The molecule has 0 fully saturated rings. The number of carbonyl (C=O) groups is 1. The van der Waals surface area contributed by atoms with Crippen LogP contribution in [0, 0.1) is 11.0 Å². The van der Waals surface area contributed by atoms with E-state index in [2.05, 4.69) is 4.98 Å². The molecule has 2 aromatic heterocycles. The van der Waals surface area contributed by atoms with E-state index in [1.165, 1.54) is 4.90 Å². The summed E-state index contributed by atoms with van der Waals surface area (Å²) in [6.07, 6.45) is -3.14. The molecular weight excluding hydrogens is 446 g/mol. The molecule has 0 saturated heterocycles. The third-order valence-corrected chi connectivity index (χ3v) is 6.17. The Morgan fingerprint density at radius 1 is 1.43 bits per heavy atom. The molecule has 0 aliphatic heterocycles. The minimum absolute atomic E-state index is 0.0756. The molecule has 0 aliphatic carbocycles. The van der Waals surface area contributed by atoms with E-state index in [9.17, 15) is 31.8 Å². The molecule has 0 saturated carbocycles. The van der Waals surface area contributed by atoms with Crippen LogP contribution in [0.5, 0.6) is 0 Å². The zero-order valence-corrected chi connectivity index (χ0v) is 16.7. The molecule has 0 bridgehead atoms. The minimum atomic E-state index is -4.57. The fraction of sp³-hybridized carbons (Fsp3) is 0.400. The number of rotatable bonds is 7. The maximum absolute atomic E-state index is 13.4. The summed E-state index contributed by atoms with van der Waals surface area (Å²) in [6, 6.07) is 1.08. The Balaban J connectivity index is 2.16. The van der Waals surface area contributed by atoms with Crippen LogP contribution in [-0.2, 0) is 15.6 Å². The summed E-state index contributed by atoms with van der Waals surface area (Å²) in [7, 11) is -2.22. The van der Waals surface area contributed by atoms with Crippen molar-refractivity contribution in [1.82, 2.24) is 4.98 Å². The molecule has 1 amide bonds. The van der Waals surface area contributed by atoms with E-state index in [0.29, 0.717) is 0 Å². The summed E-state index contributed by atoms with van der Waals surface area (Å²) in [4.78, 5) is 17.6. The first-order chi connectivity index (χ1) is 13.0. The van der Waals surface area contributed by atoms with Crippen molar-refractivity contribution in [2.24, 2.45) is 0 Å². The van der Waals surface area contributed by atoms with E-state index in [0.717, 1.165) is 29.8 Å². The van der Waals surface area contributed by atoms with Crippen molar-refractivity contribution >= 4 is 44.6 Å². The smallest absolute Gasteiger partial charge is 0.400 e. The van der Waals surface area contributed by atoms with Crippen LogP contribution >= 0.6 is 22.9 Å². The summed E-state index contributed by atoms with van der Waals surface area (Å²) in [5.74, 6) is -3.28. The van der Waals surface area contributed by atoms with E-state index in [4.69, 9.17) is 11.6 Å². The number of thiazole rings is 1. The highest BCUT2D eigenvalue weighted by atomic mass is 35.5. The number of aromatic nitrogens is 2. The number of hydrogen-bond donors (Lipinski definition) is 0. The first kappa shape index (κ1) is 22.5. The molecule has 2 heterocycles. The molecule has 0 aromatic carbocycles. The Labute approximate surface area is 168 Å². The predicted molar refractivity (Wildman–Crippen MR) is 98.1 cm³/mol. The molecular formula is C15H14ClF4N3O3S2. The highest BCUT2D eigenvalue weighted by Gasteiger charge is 2.31. The fourth-order valence-electron chi connectivity index (χ4n) is 2.24. The molecule has 2 rings (SSSR count). The van der Waals surface area contributed by atoms with Gasteiger partial charge in [-0.1, -0.05) is 22.9 Å². The normalized spacial score (nSPS) is 12.8. The van der Waals surface area contributed by atoms with Crippen molar-refractivity contribution in [1.29, 1.82) is 0 Å². The quantitative estimate of drug-likeness (QED) is 0.361. The van der Waals surface area contributed by atoms with E-state index in [-0.39, 0.29) is 38.4 Å². The summed E-state index contributed by atoms with van der Waals surface area (Å²) in [6.45, 7) is 1.75. The van der Waals surface area contributed by atoms with Crippen LogP contribution in [0.4, 0.5) is 22.6 Å². The second-order valence-corrected chi connectivity index (χ2v) is 8.42. The molecule has 1 atom stereocenters. The van der Waals surface area contributed by atoms with Crippen LogP contribution in [0.3, 0.4) is 0 Å². The topological polar surface area (TPSA) is 77.2 Å². The fourth-order valence-corrected chi connectivity index (χ4v) is 4.53. The summed E-state index contributed by atoms with van der Waals surface area (Å²) in [5, 5.41) is 11.7. The van der Waals surface area contributed by atoms with Gasteiger partial charge in [-0.15, -0.1) is 0 Å². The first-order valence-corrected chi connectivity index (χ1v) is 10.5. The van der Waals surface area contributed by atoms with E-state index in [1.807, 2.05) is 0 Å². The minimum Gasteiger partial charge on any atom is -0.619 e. The van der Waals surface area contributed by atoms with Crippen molar-refractivity contribution in [3.05, 3.63) is 34.6 Å². The van der Waals surface area contributed by atoms with Gasteiger partial charge in [0.1, 0.15) is 15.8 Å². The number of hydrogen-bond acceptors (Lipinski definition) is 5. The Morgan fingerprint density at radius 2 is 2.11 bits per heavy atom. The van der Waals surface area contributed by atoms with Gasteiger partial charge in [0.2, 0.25) is 12.1 Å². The summed E-state index contributed by atoms with van der Waals surface area (Å²) in [5.41, 5.74) is 0.155. The van der Waals surface area contributed by atoms with E-state index in [1.54, 1.807) is 6.92 Å². The van der Waals surface area contributed by atoms with Crippen molar-refractivity contribution in [2.45, 2.75) is 19.5 Å². The lowest BCUT2D eigenvalue weighted by Gasteiger charge is -2.19. The van der Waals surface area contributed by atoms with Gasteiger partial charge in [-0.25, -0.2) is 9.37 Å². The molecule has 13 heteroatoms. The molecule has 0 N–H and O–H groups in total. The second kappa shape index (κ2) is 9.14. The number of alkyl halides is 3. The van der Waals surface area contributed by atoms with Crippen molar-refractivity contribution in [3.8, 4) is 10.6 Å². The van der Waals surface area contributed by atoms with Gasteiger partial charge in [0.05, 0.1) is 5.56 Å². The average molecular weight is 460 g/mol. The lowest BCUT2D eigenvalue weighted by atomic mass is 10.3. The summed E-state index contributed by atoms with van der Waals surface area (Å²) < 4.78 is 61.8. The van der Waals surface area contributed by atoms with Crippen molar-refractivity contribution < 1.29 is 31.3 Å². The standard InChI is InChI=1S/C15H14ClF4N3O3S2/c1-2-23(11(24)3-4-28(26)8-15(18,19)20)14-12(16)21-13(27-14)9-5-10(17)7-22(25)6-9/h5-7H,2-4,8H2,1H3. The number of halogens is 5. The molecule has 154 valence electrons. The Morgan fingerprint density at radius 3 is 2.68 bits per heavy atom. The van der Waals surface area contributed by atoms with Crippen molar-refractivity contribution in [3.63, 3.8) is 0 Å². The van der Waals surface area contributed by atoms with Gasteiger partial charge in [0.25, 0.3) is 0 Å². The predicted octanol–water partition coefficient (Wildman–Crippen LogP) is 3.29. The van der Waals surface area contributed by atoms with Crippen molar-refractivity contribution in [2.75, 3.05) is 23.0 Å². The second-order valence-electron chi connectivity index (χ2n) is 5.51. The molecule has 0 aliphatic rings. The van der Waals surface area contributed by atoms with Gasteiger partial charge in [-0.05, 0) is 13.0 Å². The highest BCUT2D eigenvalue weighted by Crippen LogP contribution is 2.37. The molecule has 0 spiro atoms. The molecule has 6 nitrogen and oxygen atoms in total. The molecule has 0 radical (unpaired) electrons. The lowest BCUT2D eigenvalue weighted by Crippen LogP contribution is -2.31. The zero-order valence-electron chi connectivity index (χ0n) is 14.3. The zero-order chi connectivity index (χ0) is 21.1. The third-order valence-electron chi connectivity index (χ3n) is 3.36. The van der Waals surface area contributed by atoms with Gasteiger partial charge in [-0.3, -0.25) is 9.00 Å². The first-order valence-electron chi connectivity index (χ1n) is 7.78. The highest BCUT2D eigenvalue weighted by molar-refractivity contribution is 7.85. The van der Waals surface area contributed by atoms with Gasteiger partial charge >= 0.3 is 6.18 Å². The van der Waals surface area contributed by atoms with Gasteiger partial charge < -0.3 is 10.1 Å². The van der Waals surface area contributed by atoms with Crippen LogP contribution in [0.25, 0.3) is 10.6 Å². The van der Waals surface area contributed by atoms with Crippen LogP contribution in [0.2, 0.25) is 5.15 Å². The Kier molecular flexibility index (Phi) is 7.34. The Hall–Kier alpha value is -1.79. The molecule has 2 aromatic rings. The maximum Gasteiger partial charge on any atom is 0.400 e. The van der Waals surface area contributed by atoms with Crippen LogP contribution in [-0.4, -0.2) is 39.3 Å². The number of nitrogens with zero attached hydrogens (tertiary/aromatic N) is 3. The lowest BCUT2D eigenvalue weighted by molar-refractivity contribution is -0.606. The maximum atomic E-state index is 13.4. The van der Waals surface area contributed by atoms with Crippen LogP contribution in [0.1, 0.15) is 13.3 Å². The van der Waals surface area contributed by atoms with E-state index < -0.39 is 40.2 Å². The number of anilines is 1. The summed E-state index contributed by atoms with van der Waals surface area (Å²) >= 11 is 6.98. The van der Waals surface area contributed by atoms with Gasteiger partial charge in [0, 0.05) is 29.5 Å². The monoisotopic (exact) mass is 459 g/mol. The van der Waals surface area contributed by atoms with Crippen LogP contribution in [0.15, 0.2) is 18.5 Å². The van der Waals surface area contributed by atoms with Crippen LogP contribution < -0.4 is 9.63 Å². The van der Waals surface area contributed by atoms with Gasteiger partial charge in [-0.2, -0.15) is 17.9 Å². The number of pyridine rings is 1. The third kappa shape index (κ3) is 6.11. The SMILES string of the molecule is CCN(C(=O)CCS(=O)CC(F)(F)F)c1sc(-c2cc(F)c[n+]([O-])c2)nc1Cl. The van der Waals surface area contributed by atoms with Gasteiger partial charge in [0.15, 0.2) is 17.2 Å². The number of amides is 1.